The number of hydrogen-bond donors (Lipinski definition) is 2. The molecule has 2 atom stereocenters. The smallest absolute Gasteiger partial charge is 0.251 e. The third-order valence-corrected chi connectivity index (χ3v) is 7.91. The quantitative estimate of drug-likeness (QED) is 0.813. The third kappa shape index (κ3) is 4.24. The molecule has 1 aromatic rings. The second-order valence-electron chi connectivity index (χ2n) is 7.80. The molecule has 7 heteroatoms. The van der Waals surface area contributed by atoms with Gasteiger partial charge in [-0.3, -0.25) is 4.79 Å². The minimum Gasteiger partial charge on any atom is -0.349 e. The van der Waals surface area contributed by atoms with Crippen molar-refractivity contribution in [2.24, 2.45) is 17.6 Å². The van der Waals surface area contributed by atoms with Gasteiger partial charge in [-0.2, -0.15) is 0 Å². The predicted molar refractivity (Wildman–Crippen MR) is 105 cm³/mol. The van der Waals surface area contributed by atoms with Crippen LogP contribution in [0, 0.1) is 11.8 Å². The van der Waals surface area contributed by atoms with Gasteiger partial charge in [0, 0.05) is 17.6 Å². The number of carbonyl (C=O) groups is 1. The fourth-order valence-corrected chi connectivity index (χ4v) is 5.39. The molecule has 3 N–H and O–H groups in total. The van der Waals surface area contributed by atoms with Gasteiger partial charge in [0.15, 0.2) is 9.84 Å². The maximum Gasteiger partial charge on any atom is 0.251 e. The number of amides is 1. The lowest BCUT2D eigenvalue weighted by atomic mass is 9.67. The maximum atomic E-state index is 12.6. The summed E-state index contributed by atoms with van der Waals surface area (Å²) in [5.74, 6) is 0.810. The van der Waals surface area contributed by atoms with Gasteiger partial charge in [0.25, 0.3) is 5.91 Å². The Bertz CT molecular complexity index is 720. The van der Waals surface area contributed by atoms with Crippen molar-refractivity contribution in [1.82, 2.24) is 5.32 Å². The average Bonchev–Trinajstić information content (AvgIpc) is 2.55. The molecule has 26 heavy (non-hydrogen) atoms. The fourth-order valence-electron chi connectivity index (χ4n) is 4.33. The molecule has 2 aliphatic rings. The van der Waals surface area contributed by atoms with Crippen LogP contribution in [-0.2, 0) is 9.84 Å². The highest BCUT2D eigenvalue weighted by atomic mass is 35.5. The molecule has 2 unspecified atom stereocenters. The number of halogens is 1. The van der Waals surface area contributed by atoms with Gasteiger partial charge in [-0.1, -0.05) is 6.42 Å². The lowest BCUT2D eigenvalue weighted by Gasteiger charge is -2.45. The zero-order chi connectivity index (χ0) is 18.2. The van der Waals surface area contributed by atoms with Crippen molar-refractivity contribution in [3.63, 3.8) is 0 Å². The number of nitrogens with two attached hydrogens (primary N) is 1. The summed E-state index contributed by atoms with van der Waals surface area (Å²) in [5, 5.41) is 2.72. The molecule has 146 valence electrons. The summed E-state index contributed by atoms with van der Waals surface area (Å²) >= 11 is 0. The van der Waals surface area contributed by atoms with Crippen LogP contribution in [0.5, 0.6) is 0 Å². The van der Waals surface area contributed by atoms with Crippen LogP contribution < -0.4 is 11.1 Å². The largest absolute Gasteiger partial charge is 0.349 e. The van der Waals surface area contributed by atoms with Crippen molar-refractivity contribution < 1.29 is 13.2 Å². The Morgan fingerprint density at radius 1 is 1.12 bits per heavy atom. The first-order valence-electron chi connectivity index (χ1n) is 9.19. The average molecular weight is 401 g/mol. The number of benzene rings is 1. The van der Waals surface area contributed by atoms with Crippen LogP contribution in [0.15, 0.2) is 29.2 Å². The van der Waals surface area contributed by atoms with E-state index in [0.29, 0.717) is 17.4 Å². The van der Waals surface area contributed by atoms with Gasteiger partial charge in [0.2, 0.25) is 0 Å². The highest BCUT2D eigenvalue weighted by Crippen LogP contribution is 2.39. The standard InChI is InChI=1S/C19H28N2O3S.ClH/c1-12(2)25(23,24)17-8-6-13(7-9-17)19(22)21-18-14-4-3-5-15(18)11-16(20)10-14;/h6-9,12,14-16,18H,3-5,10-11,20H2,1-2H3,(H,21,22);1H. The van der Waals surface area contributed by atoms with Gasteiger partial charge in [-0.25, -0.2) is 8.42 Å². The molecule has 2 bridgehead atoms. The molecule has 2 fully saturated rings. The minimum atomic E-state index is -3.31. The molecule has 0 radical (unpaired) electrons. The Morgan fingerprint density at radius 2 is 1.65 bits per heavy atom. The van der Waals surface area contributed by atoms with Crippen molar-refractivity contribution in [1.29, 1.82) is 0 Å². The van der Waals surface area contributed by atoms with Crippen molar-refractivity contribution in [3.8, 4) is 0 Å². The number of carbonyl (C=O) groups excluding carboxylic acids is 1. The Labute approximate surface area is 162 Å². The molecule has 0 aliphatic heterocycles. The topological polar surface area (TPSA) is 89.3 Å². The second kappa shape index (κ2) is 8.28. The number of sulfone groups is 1. The zero-order valence-electron chi connectivity index (χ0n) is 15.4. The van der Waals surface area contributed by atoms with E-state index in [4.69, 9.17) is 5.73 Å². The molecule has 0 heterocycles. The summed E-state index contributed by atoms with van der Waals surface area (Å²) in [6.07, 6.45) is 5.43. The molecular formula is C19H29ClN2O3S. The second-order valence-corrected chi connectivity index (χ2v) is 10.3. The van der Waals surface area contributed by atoms with Crippen molar-refractivity contribution >= 4 is 28.2 Å². The molecular weight excluding hydrogens is 372 g/mol. The summed E-state index contributed by atoms with van der Waals surface area (Å²) in [6.45, 7) is 3.31. The van der Waals surface area contributed by atoms with Crippen LogP contribution in [0.25, 0.3) is 0 Å². The van der Waals surface area contributed by atoms with E-state index in [0.717, 1.165) is 25.7 Å². The Kier molecular flexibility index (Phi) is 6.75. The van der Waals surface area contributed by atoms with Gasteiger partial charge in [0.1, 0.15) is 0 Å². The first kappa shape index (κ1) is 21.2. The molecule has 2 saturated carbocycles. The van der Waals surface area contributed by atoms with E-state index in [9.17, 15) is 13.2 Å². The normalized spacial score (nSPS) is 28.3. The Hall–Kier alpha value is -1.11. The van der Waals surface area contributed by atoms with Crippen LogP contribution in [0.2, 0.25) is 0 Å². The number of hydrogen-bond acceptors (Lipinski definition) is 4. The summed E-state index contributed by atoms with van der Waals surface area (Å²) in [6, 6.07) is 6.72. The molecule has 0 saturated heterocycles. The van der Waals surface area contributed by atoms with E-state index in [2.05, 4.69) is 5.32 Å². The highest BCUT2D eigenvalue weighted by Gasteiger charge is 2.39. The minimum absolute atomic E-state index is 0. The van der Waals surface area contributed by atoms with Gasteiger partial charge < -0.3 is 11.1 Å². The van der Waals surface area contributed by atoms with Gasteiger partial charge >= 0.3 is 0 Å². The Morgan fingerprint density at radius 3 is 2.15 bits per heavy atom. The van der Waals surface area contributed by atoms with Crippen LogP contribution in [0.4, 0.5) is 0 Å². The Balaban J connectivity index is 0.00000243. The number of nitrogens with one attached hydrogen (secondary N) is 1. The van der Waals surface area contributed by atoms with E-state index >= 15 is 0 Å². The van der Waals surface area contributed by atoms with E-state index in [1.807, 2.05) is 0 Å². The van der Waals surface area contributed by atoms with E-state index in [-0.39, 0.29) is 35.3 Å². The molecule has 0 spiro atoms. The summed E-state index contributed by atoms with van der Waals surface area (Å²) in [5.41, 5.74) is 6.65. The molecule has 0 aromatic heterocycles. The third-order valence-electron chi connectivity index (χ3n) is 5.74. The van der Waals surface area contributed by atoms with Crippen LogP contribution in [0.1, 0.15) is 56.3 Å². The molecule has 1 amide bonds. The number of rotatable bonds is 4. The van der Waals surface area contributed by atoms with Crippen molar-refractivity contribution in [2.75, 3.05) is 0 Å². The van der Waals surface area contributed by atoms with Crippen LogP contribution in [-0.4, -0.2) is 31.7 Å². The van der Waals surface area contributed by atoms with Gasteiger partial charge in [0.05, 0.1) is 10.1 Å². The monoisotopic (exact) mass is 400 g/mol. The zero-order valence-corrected chi connectivity index (χ0v) is 17.0. The van der Waals surface area contributed by atoms with Gasteiger partial charge in [-0.15, -0.1) is 12.4 Å². The number of fused-ring (bicyclic) bond motifs is 2. The predicted octanol–water partition coefficient (Wildman–Crippen LogP) is 2.93. The first-order chi connectivity index (χ1) is 11.8. The summed E-state index contributed by atoms with van der Waals surface area (Å²) in [4.78, 5) is 12.9. The van der Waals surface area contributed by atoms with Crippen molar-refractivity contribution in [2.45, 2.75) is 68.2 Å². The first-order valence-corrected chi connectivity index (χ1v) is 10.7. The van der Waals surface area contributed by atoms with Gasteiger partial charge in [-0.05, 0) is 75.6 Å². The van der Waals surface area contributed by atoms with Crippen LogP contribution >= 0.6 is 12.4 Å². The lowest BCUT2D eigenvalue weighted by Crippen LogP contribution is -2.53. The highest BCUT2D eigenvalue weighted by molar-refractivity contribution is 7.92. The maximum absolute atomic E-state index is 12.6. The lowest BCUT2D eigenvalue weighted by molar-refractivity contribution is 0.0756. The molecule has 1 aromatic carbocycles. The summed E-state index contributed by atoms with van der Waals surface area (Å²) < 4.78 is 24.4. The van der Waals surface area contributed by atoms with E-state index < -0.39 is 15.1 Å². The molecule has 5 nitrogen and oxygen atoms in total. The fraction of sp³-hybridized carbons (Fsp3) is 0.632. The summed E-state index contributed by atoms with van der Waals surface area (Å²) in [7, 11) is -3.31. The van der Waals surface area contributed by atoms with Crippen molar-refractivity contribution in [3.05, 3.63) is 29.8 Å². The molecule has 2 aliphatic carbocycles. The van der Waals surface area contributed by atoms with E-state index in [1.54, 1.807) is 26.0 Å². The van der Waals surface area contributed by atoms with E-state index in [1.165, 1.54) is 18.6 Å². The van der Waals surface area contributed by atoms with Crippen LogP contribution in [0.3, 0.4) is 0 Å². The molecule has 3 rings (SSSR count). The SMILES string of the molecule is CC(C)S(=O)(=O)c1ccc(C(=O)NC2C3CCCC2CC(N)C3)cc1.Cl.